The summed E-state index contributed by atoms with van der Waals surface area (Å²) in [6.07, 6.45) is 2.11. The summed E-state index contributed by atoms with van der Waals surface area (Å²) in [5.41, 5.74) is 1.60. The van der Waals surface area contributed by atoms with Gasteiger partial charge in [-0.15, -0.1) is 0 Å². The molecule has 0 fully saturated rings. The van der Waals surface area contributed by atoms with Crippen molar-refractivity contribution in [2.45, 2.75) is 48.0 Å². The van der Waals surface area contributed by atoms with Crippen LogP contribution < -0.4 is 17.1 Å². The molecule has 0 spiro atoms. The van der Waals surface area contributed by atoms with Crippen molar-refractivity contribution in [3.05, 3.63) is 135 Å². The lowest BCUT2D eigenvalue weighted by Crippen LogP contribution is -3.00. The van der Waals surface area contributed by atoms with Crippen LogP contribution in [0.4, 0.5) is 13.2 Å². The molecule has 0 aliphatic carbocycles. The van der Waals surface area contributed by atoms with Crippen molar-refractivity contribution in [2.24, 2.45) is 0 Å². The molecule has 1 aromatic heterocycles. The Labute approximate surface area is 341 Å². The molecule has 0 bridgehead atoms. The van der Waals surface area contributed by atoms with Gasteiger partial charge in [-0.1, -0.05) is 55.4 Å². The molecule has 16 heteroatoms. The first kappa shape index (κ1) is 44.7. The summed E-state index contributed by atoms with van der Waals surface area (Å²) in [5, 5.41) is 10.1. The predicted octanol–water partition coefficient (Wildman–Crippen LogP) is 5.56. The Balaban J connectivity index is 0.00000696. The molecular weight excluding hydrogens is 808 g/mol. The Morgan fingerprint density at radius 1 is 0.982 bits per heavy atom. The van der Waals surface area contributed by atoms with Crippen molar-refractivity contribution in [1.82, 2.24) is 13.9 Å². The van der Waals surface area contributed by atoms with Gasteiger partial charge in [0.25, 0.3) is 0 Å². The van der Waals surface area contributed by atoms with Crippen LogP contribution in [-0.2, 0) is 27.7 Å². The first-order valence-electron chi connectivity index (χ1n) is 17.2. The Kier molecular flexibility index (Phi) is 14.4. The SMILES string of the molecule is COc1cc(C(C)(C)c2cnc(SCc3c(F)cc(S(=O)(=O)N(CCC[N+](C)(C)C)Cc4ccc(C(=O)O)cc4)cc3F)n2-c2ccc(F)cc2)ccc1Cl.[Cl-]. The van der Waals surface area contributed by atoms with E-state index in [0.717, 1.165) is 33.8 Å². The van der Waals surface area contributed by atoms with E-state index in [9.17, 15) is 22.7 Å². The Morgan fingerprint density at radius 3 is 2.18 bits per heavy atom. The highest BCUT2D eigenvalue weighted by atomic mass is 35.5. The van der Waals surface area contributed by atoms with Crippen molar-refractivity contribution in [3.8, 4) is 11.4 Å². The van der Waals surface area contributed by atoms with E-state index in [1.54, 1.807) is 29.0 Å². The number of quaternary nitrogens is 1. The highest BCUT2D eigenvalue weighted by Crippen LogP contribution is 2.39. The molecule has 1 N–H and O–H groups in total. The lowest BCUT2D eigenvalue weighted by Gasteiger charge is -2.28. The van der Waals surface area contributed by atoms with Gasteiger partial charge in [-0.25, -0.2) is 31.4 Å². The molecule has 4 aromatic carbocycles. The number of carbonyl (C=O) groups is 1. The van der Waals surface area contributed by atoms with Crippen molar-refractivity contribution >= 4 is 39.4 Å². The van der Waals surface area contributed by atoms with Crippen LogP contribution in [0.1, 0.15) is 53.0 Å². The van der Waals surface area contributed by atoms with Gasteiger partial charge in [0.15, 0.2) is 5.16 Å². The molecule has 9 nitrogen and oxygen atoms in total. The molecule has 0 atom stereocenters. The number of carboxylic acids is 1. The molecule has 5 rings (SSSR count). The average Bonchev–Trinajstić information content (AvgIpc) is 3.55. The highest BCUT2D eigenvalue weighted by Gasteiger charge is 2.32. The third-order valence-electron chi connectivity index (χ3n) is 9.22. The molecule has 0 aliphatic heterocycles. The van der Waals surface area contributed by atoms with Crippen LogP contribution in [0.25, 0.3) is 5.69 Å². The molecule has 0 saturated heterocycles. The first-order valence-corrected chi connectivity index (χ1v) is 20.0. The summed E-state index contributed by atoms with van der Waals surface area (Å²) in [4.78, 5) is 15.4. The van der Waals surface area contributed by atoms with Crippen molar-refractivity contribution in [3.63, 3.8) is 0 Å². The molecule has 0 saturated carbocycles. The number of rotatable bonds is 16. The fourth-order valence-corrected chi connectivity index (χ4v) is 8.72. The number of hydrogen-bond acceptors (Lipinski definition) is 6. The van der Waals surface area contributed by atoms with Gasteiger partial charge in [0.2, 0.25) is 10.0 Å². The number of aromatic carboxylic acids is 1. The molecule has 0 radical (unpaired) electrons. The molecule has 0 aliphatic rings. The lowest BCUT2D eigenvalue weighted by atomic mass is 9.81. The maximum absolute atomic E-state index is 15.9. The third-order valence-corrected chi connectivity index (χ3v) is 12.3. The number of ether oxygens (including phenoxy) is 1. The van der Waals surface area contributed by atoms with Gasteiger partial charge in [-0.3, -0.25) is 4.57 Å². The van der Waals surface area contributed by atoms with E-state index in [-0.39, 0.29) is 42.4 Å². The largest absolute Gasteiger partial charge is 1.00 e. The number of hydrogen-bond donors (Lipinski definition) is 1. The van der Waals surface area contributed by atoms with Crippen molar-refractivity contribution in [2.75, 3.05) is 41.3 Å². The summed E-state index contributed by atoms with van der Waals surface area (Å²) >= 11 is 7.34. The molecule has 5 aromatic rings. The van der Waals surface area contributed by atoms with E-state index in [4.69, 9.17) is 16.3 Å². The minimum absolute atomic E-state index is 0. The first-order chi connectivity index (χ1) is 25.8. The van der Waals surface area contributed by atoms with E-state index in [1.807, 2.05) is 47.1 Å². The second-order valence-corrected chi connectivity index (χ2v) is 17.9. The number of benzene rings is 4. The maximum atomic E-state index is 15.9. The van der Waals surface area contributed by atoms with Crippen LogP contribution in [0.15, 0.2) is 95.1 Å². The van der Waals surface area contributed by atoms with E-state index < -0.39 is 43.8 Å². The number of sulfonamides is 1. The predicted molar refractivity (Wildman–Crippen MR) is 208 cm³/mol. The van der Waals surface area contributed by atoms with Gasteiger partial charge in [-0.2, -0.15) is 4.31 Å². The van der Waals surface area contributed by atoms with Gasteiger partial charge >= 0.3 is 5.97 Å². The molecule has 56 heavy (non-hydrogen) atoms. The number of nitrogens with zero attached hydrogens (tertiary/aromatic N) is 4. The molecule has 300 valence electrons. The van der Waals surface area contributed by atoms with Gasteiger partial charge in [0.1, 0.15) is 23.2 Å². The van der Waals surface area contributed by atoms with Crippen LogP contribution in [0, 0.1) is 17.5 Å². The fraction of sp³-hybridized carbons (Fsp3) is 0.300. The second-order valence-electron chi connectivity index (χ2n) is 14.6. The highest BCUT2D eigenvalue weighted by molar-refractivity contribution is 7.98. The summed E-state index contributed by atoms with van der Waals surface area (Å²) in [7, 11) is 3.01. The molecule has 0 unspecified atom stereocenters. The van der Waals surface area contributed by atoms with Crippen LogP contribution in [0.3, 0.4) is 0 Å². The zero-order valence-electron chi connectivity index (χ0n) is 31.7. The Bertz CT molecular complexity index is 2260. The summed E-state index contributed by atoms with van der Waals surface area (Å²) < 4.78 is 82.7. The number of imidazole rings is 1. The van der Waals surface area contributed by atoms with Gasteiger partial charge in [0, 0.05) is 41.9 Å². The number of halogens is 5. The fourth-order valence-electron chi connectivity index (χ4n) is 6.03. The summed E-state index contributed by atoms with van der Waals surface area (Å²) in [6, 6.07) is 18.6. The zero-order valence-corrected chi connectivity index (χ0v) is 34.8. The number of thioether (sulfide) groups is 1. The van der Waals surface area contributed by atoms with Gasteiger partial charge in [0.05, 0.1) is 62.2 Å². The zero-order chi connectivity index (χ0) is 40.3. The number of carboxylic acid groups (broad SMARTS) is 1. The second kappa shape index (κ2) is 18.0. The maximum Gasteiger partial charge on any atom is 0.335 e. The molecular formula is C40H43Cl2F3N4O5S2. The number of aromatic nitrogens is 2. The summed E-state index contributed by atoms with van der Waals surface area (Å²) in [6.45, 7) is 4.50. The van der Waals surface area contributed by atoms with E-state index in [1.165, 1.54) is 43.5 Å². The number of methoxy groups -OCH3 is 1. The van der Waals surface area contributed by atoms with Crippen molar-refractivity contribution in [1.29, 1.82) is 0 Å². The average molecular weight is 852 g/mol. The van der Waals surface area contributed by atoms with E-state index in [0.29, 0.717) is 50.3 Å². The van der Waals surface area contributed by atoms with Crippen LogP contribution >= 0.6 is 23.4 Å². The minimum Gasteiger partial charge on any atom is -1.00 e. The topological polar surface area (TPSA) is 102 Å². The lowest BCUT2D eigenvalue weighted by molar-refractivity contribution is -0.870. The van der Waals surface area contributed by atoms with Crippen molar-refractivity contribution < 1.29 is 53.1 Å². The summed E-state index contributed by atoms with van der Waals surface area (Å²) in [5.74, 6) is -3.41. The molecule has 1 heterocycles. The Morgan fingerprint density at radius 2 is 1.61 bits per heavy atom. The monoisotopic (exact) mass is 850 g/mol. The quantitative estimate of drug-likeness (QED) is 0.103. The smallest absolute Gasteiger partial charge is 0.335 e. The van der Waals surface area contributed by atoms with Crippen LogP contribution in [0.2, 0.25) is 5.02 Å². The standard InChI is InChI=1S/C40H42ClF3N4O5S2.ClH/c1-40(2,28-12-17-33(41)36(20-28)53-6)37-23-45-39(47(37)30-15-13-29(42)14-16-30)54-25-32-34(43)21-31(22-35(32)44)55(51,52)46(18-7-19-48(3,4)5)24-26-8-10-27(11-9-26)38(49)50;/h8-17,20-23H,7,18-19,24-25H2,1-6H3;1H. The van der Waals surface area contributed by atoms with E-state index >= 15 is 8.78 Å². The van der Waals surface area contributed by atoms with Gasteiger partial charge in [-0.05, 0) is 71.8 Å². The van der Waals surface area contributed by atoms with E-state index in [2.05, 4.69) is 4.98 Å². The molecule has 0 amide bonds. The minimum atomic E-state index is -4.41. The Hall–Kier alpha value is -4.05. The van der Waals surface area contributed by atoms with Crippen LogP contribution in [-0.4, -0.2) is 79.2 Å². The normalized spacial score (nSPS) is 12.1. The third kappa shape index (κ3) is 10.3. The van der Waals surface area contributed by atoms with Crippen LogP contribution in [0.5, 0.6) is 5.75 Å². The van der Waals surface area contributed by atoms with Gasteiger partial charge < -0.3 is 26.7 Å².